The summed E-state index contributed by atoms with van der Waals surface area (Å²) >= 11 is 3.32. The summed E-state index contributed by atoms with van der Waals surface area (Å²) in [6.07, 6.45) is 1.79. The first-order valence-electron chi connectivity index (χ1n) is 6.29. The number of rotatable bonds is 3. The summed E-state index contributed by atoms with van der Waals surface area (Å²) in [7, 11) is 0. The van der Waals surface area contributed by atoms with Crippen LogP contribution in [0.4, 0.5) is 5.69 Å². The van der Waals surface area contributed by atoms with E-state index in [0.29, 0.717) is 11.0 Å². The molecule has 100 valence electrons. The molecule has 1 aromatic heterocycles. The second-order valence-electron chi connectivity index (χ2n) is 4.51. The molecule has 3 nitrogen and oxygen atoms in total. The zero-order valence-electron chi connectivity index (χ0n) is 10.7. The van der Waals surface area contributed by atoms with Gasteiger partial charge in [0.2, 0.25) is 0 Å². The smallest absolute Gasteiger partial charge is 0.129 e. The molecule has 0 fully saturated rings. The van der Waals surface area contributed by atoms with Crippen LogP contribution >= 0.6 is 15.9 Å². The van der Waals surface area contributed by atoms with Gasteiger partial charge in [-0.15, -0.1) is 0 Å². The minimum absolute atomic E-state index is 0.253. The van der Waals surface area contributed by atoms with Crippen molar-refractivity contribution in [2.45, 2.75) is 6.54 Å². The van der Waals surface area contributed by atoms with Crippen molar-refractivity contribution in [2.75, 3.05) is 5.32 Å². The monoisotopic (exact) mass is 328 g/mol. The molecule has 0 saturated carbocycles. The number of hydrogen-bond acceptors (Lipinski definition) is 3. The third-order valence-electron chi connectivity index (χ3n) is 3.14. The molecule has 0 spiro atoms. The van der Waals surface area contributed by atoms with E-state index in [4.69, 9.17) is 0 Å². The number of benzene rings is 2. The number of nitrogens with one attached hydrogen (secondary N) is 1. The van der Waals surface area contributed by atoms with Crippen molar-refractivity contribution >= 4 is 32.5 Å². The van der Waals surface area contributed by atoms with E-state index in [1.807, 2.05) is 36.4 Å². The molecule has 3 rings (SSSR count). The number of hydrogen-bond donors (Lipinski definition) is 2. The number of aromatic nitrogens is 1. The second-order valence-corrected chi connectivity index (χ2v) is 5.37. The van der Waals surface area contributed by atoms with Crippen LogP contribution in [-0.2, 0) is 6.54 Å². The topological polar surface area (TPSA) is 45.1 Å². The maximum absolute atomic E-state index is 9.49. The van der Waals surface area contributed by atoms with Crippen LogP contribution in [0.2, 0.25) is 0 Å². The zero-order valence-corrected chi connectivity index (χ0v) is 12.3. The quantitative estimate of drug-likeness (QED) is 0.752. The van der Waals surface area contributed by atoms with Crippen LogP contribution in [-0.4, -0.2) is 10.1 Å². The summed E-state index contributed by atoms with van der Waals surface area (Å²) in [5, 5.41) is 14.0. The van der Waals surface area contributed by atoms with E-state index in [1.165, 1.54) is 0 Å². The van der Waals surface area contributed by atoms with Crippen LogP contribution in [0.15, 0.2) is 59.2 Å². The van der Waals surface area contributed by atoms with E-state index >= 15 is 0 Å². The predicted molar refractivity (Wildman–Crippen MR) is 84.9 cm³/mol. The van der Waals surface area contributed by atoms with Crippen LogP contribution in [0.25, 0.3) is 10.9 Å². The number of phenolic OH excluding ortho intramolecular Hbond substituents is 1. The van der Waals surface area contributed by atoms with Gasteiger partial charge in [-0.05, 0) is 57.9 Å². The highest BCUT2D eigenvalue weighted by atomic mass is 79.9. The van der Waals surface area contributed by atoms with Crippen LogP contribution in [0.1, 0.15) is 5.56 Å². The second kappa shape index (κ2) is 5.51. The van der Waals surface area contributed by atoms with Crippen LogP contribution in [0, 0.1) is 0 Å². The van der Waals surface area contributed by atoms with Gasteiger partial charge in [-0.1, -0.05) is 12.1 Å². The number of anilines is 1. The molecule has 0 radical (unpaired) electrons. The normalized spacial score (nSPS) is 10.7. The first-order chi connectivity index (χ1) is 9.74. The molecule has 2 N–H and O–H groups in total. The Morgan fingerprint density at radius 2 is 2.00 bits per heavy atom. The van der Waals surface area contributed by atoms with Gasteiger partial charge < -0.3 is 10.4 Å². The minimum atomic E-state index is 0.253. The van der Waals surface area contributed by atoms with Gasteiger partial charge in [0.15, 0.2) is 0 Å². The Kier molecular flexibility index (Phi) is 3.56. The number of pyridine rings is 1. The molecule has 0 aliphatic rings. The van der Waals surface area contributed by atoms with Crippen molar-refractivity contribution in [1.82, 2.24) is 4.98 Å². The Bertz CT molecular complexity index is 753. The fourth-order valence-electron chi connectivity index (χ4n) is 2.12. The molecule has 1 heterocycles. The van der Waals surface area contributed by atoms with E-state index in [0.717, 1.165) is 22.2 Å². The molecule has 2 aromatic carbocycles. The standard InChI is InChI=1S/C16H13BrN2O/c17-13-9-11(6-7-16(13)20)10-19-15-5-1-4-14-12(15)3-2-8-18-14/h1-9,19-20H,10H2. The van der Waals surface area contributed by atoms with E-state index in [1.54, 1.807) is 12.3 Å². The van der Waals surface area contributed by atoms with Crippen LogP contribution in [0.3, 0.4) is 0 Å². The van der Waals surface area contributed by atoms with E-state index < -0.39 is 0 Å². The Hall–Kier alpha value is -2.07. The highest BCUT2D eigenvalue weighted by Crippen LogP contribution is 2.26. The first kappa shape index (κ1) is 12.9. The fraction of sp³-hybridized carbons (Fsp3) is 0.0625. The average Bonchev–Trinajstić information content (AvgIpc) is 2.48. The highest BCUT2D eigenvalue weighted by molar-refractivity contribution is 9.10. The molecule has 3 aromatic rings. The van der Waals surface area contributed by atoms with Gasteiger partial charge in [0.25, 0.3) is 0 Å². The lowest BCUT2D eigenvalue weighted by Gasteiger charge is -2.10. The number of nitrogens with zero attached hydrogens (tertiary/aromatic N) is 1. The molecule has 0 aliphatic heterocycles. The summed E-state index contributed by atoms with van der Waals surface area (Å²) in [4.78, 5) is 4.34. The lowest BCUT2D eigenvalue weighted by atomic mass is 10.1. The van der Waals surface area contributed by atoms with Crippen molar-refractivity contribution in [3.8, 4) is 5.75 Å². The Morgan fingerprint density at radius 3 is 2.85 bits per heavy atom. The summed E-state index contributed by atoms with van der Waals surface area (Å²) in [5.41, 5.74) is 3.12. The molecule has 0 atom stereocenters. The molecule has 0 aliphatic carbocycles. The first-order valence-corrected chi connectivity index (χ1v) is 7.08. The number of phenols is 1. The Balaban J connectivity index is 1.85. The molecule has 0 unspecified atom stereocenters. The van der Waals surface area contributed by atoms with Gasteiger partial charge in [0, 0.05) is 23.8 Å². The highest BCUT2D eigenvalue weighted by Gasteiger charge is 2.02. The lowest BCUT2D eigenvalue weighted by molar-refractivity contribution is 0.471. The zero-order chi connectivity index (χ0) is 13.9. The molecular weight excluding hydrogens is 316 g/mol. The maximum atomic E-state index is 9.49. The molecule has 0 amide bonds. The molecule has 0 saturated heterocycles. The summed E-state index contributed by atoms with van der Waals surface area (Å²) in [6.45, 7) is 0.687. The molecular formula is C16H13BrN2O. The summed E-state index contributed by atoms with van der Waals surface area (Å²) < 4.78 is 0.705. The molecule has 0 bridgehead atoms. The predicted octanol–water partition coefficient (Wildman–Crippen LogP) is 4.32. The van der Waals surface area contributed by atoms with Gasteiger partial charge in [0.1, 0.15) is 5.75 Å². The molecule has 4 heteroatoms. The third kappa shape index (κ3) is 2.60. The van der Waals surface area contributed by atoms with Crippen molar-refractivity contribution in [3.63, 3.8) is 0 Å². The van der Waals surface area contributed by atoms with E-state index in [-0.39, 0.29) is 5.75 Å². The Morgan fingerprint density at radius 1 is 1.10 bits per heavy atom. The number of halogens is 1. The van der Waals surface area contributed by atoms with Crippen LogP contribution in [0.5, 0.6) is 5.75 Å². The van der Waals surface area contributed by atoms with Crippen molar-refractivity contribution in [2.24, 2.45) is 0 Å². The van der Waals surface area contributed by atoms with Gasteiger partial charge in [-0.25, -0.2) is 0 Å². The fourth-order valence-corrected chi connectivity index (χ4v) is 2.54. The van der Waals surface area contributed by atoms with Crippen molar-refractivity contribution in [1.29, 1.82) is 0 Å². The SMILES string of the molecule is Oc1ccc(CNc2cccc3ncccc23)cc1Br. The lowest BCUT2D eigenvalue weighted by Crippen LogP contribution is -2.00. The number of fused-ring (bicyclic) bond motifs is 1. The average molecular weight is 329 g/mol. The Labute approximate surface area is 125 Å². The van der Waals surface area contributed by atoms with Gasteiger partial charge in [0.05, 0.1) is 9.99 Å². The summed E-state index contributed by atoms with van der Waals surface area (Å²) in [6, 6.07) is 15.5. The van der Waals surface area contributed by atoms with Gasteiger partial charge in [-0.3, -0.25) is 4.98 Å². The van der Waals surface area contributed by atoms with Crippen LogP contribution < -0.4 is 5.32 Å². The number of aromatic hydroxyl groups is 1. The van der Waals surface area contributed by atoms with E-state index in [2.05, 4.69) is 32.3 Å². The summed E-state index contributed by atoms with van der Waals surface area (Å²) in [5.74, 6) is 0.253. The van der Waals surface area contributed by atoms with Crippen molar-refractivity contribution < 1.29 is 5.11 Å². The van der Waals surface area contributed by atoms with E-state index in [9.17, 15) is 5.11 Å². The van der Waals surface area contributed by atoms with Gasteiger partial charge in [-0.2, -0.15) is 0 Å². The molecule has 20 heavy (non-hydrogen) atoms. The minimum Gasteiger partial charge on any atom is -0.507 e. The third-order valence-corrected chi connectivity index (χ3v) is 3.78. The van der Waals surface area contributed by atoms with Gasteiger partial charge >= 0.3 is 0 Å². The largest absolute Gasteiger partial charge is 0.507 e. The maximum Gasteiger partial charge on any atom is 0.129 e. The van der Waals surface area contributed by atoms with Crippen molar-refractivity contribution in [3.05, 3.63) is 64.8 Å².